The Morgan fingerprint density at radius 3 is 2.29 bits per heavy atom. The average molecular weight is 199 g/mol. The van der Waals surface area contributed by atoms with Gasteiger partial charge in [-0.1, -0.05) is 26.7 Å². The molecule has 0 bridgehead atoms. The Morgan fingerprint density at radius 2 is 1.71 bits per heavy atom. The second-order valence-corrected chi connectivity index (χ2v) is 4.07. The highest BCUT2D eigenvalue weighted by Crippen LogP contribution is 2.25. The summed E-state index contributed by atoms with van der Waals surface area (Å²) >= 11 is 0. The first kappa shape index (κ1) is 12.0. The Kier molecular flexibility index (Phi) is 5.49. The highest BCUT2D eigenvalue weighted by molar-refractivity contribution is 4.83. The fourth-order valence-corrected chi connectivity index (χ4v) is 2.60. The fraction of sp³-hybridized carbons (Fsp3) is 1.00. The van der Waals surface area contributed by atoms with Gasteiger partial charge in [0.05, 0.1) is 6.10 Å². The molecule has 0 aliphatic heterocycles. The summed E-state index contributed by atoms with van der Waals surface area (Å²) in [5.74, 6) is 0. The maximum absolute atomic E-state index is 5.84. The van der Waals surface area contributed by atoms with Crippen molar-refractivity contribution < 1.29 is 4.74 Å². The van der Waals surface area contributed by atoms with Crippen molar-refractivity contribution in [1.82, 2.24) is 4.90 Å². The summed E-state index contributed by atoms with van der Waals surface area (Å²) in [4.78, 5) is 2.56. The highest BCUT2D eigenvalue weighted by atomic mass is 16.5. The zero-order valence-electron chi connectivity index (χ0n) is 9.96. The normalized spacial score (nSPS) is 28.3. The van der Waals surface area contributed by atoms with Crippen LogP contribution in [-0.4, -0.2) is 36.7 Å². The van der Waals surface area contributed by atoms with Crippen LogP contribution in [-0.2, 0) is 4.74 Å². The van der Waals surface area contributed by atoms with E-state index in [1.807, 2.05) is 0 Å². The second kappa shape index (κ2) is 6.41. The Morgan fingerprint density at radius 1 is 1.07 bits per heavy atom. The van der Waals surface area contributed by atoms with E-state index in [-0.39, 0.29) is 0 Å². The van der Waals surface area contributed by atoms with Gasteiger partial charge in [0.15, 0.2) is 0 Å². The van der Waals surface area contributed by atoms with E-state index >= 15 is 0 Å². The van der Waals surface area contributed by atoms with Crippen molar-refractivity contribution in [2.45, 2.75) is 58.6 Å². The molecule has 0 unspecified atom stereocenters. The van der Waals surface area contributed by atoms with Crippen molar-refractivity contribution in [1.29, 1.82) is 0 Å². The van der Waals surface area contributed by atoms with Gasteiger partial charge in [-0.15, -0.1) is 0 Å². The Bertz CT molecular complexity index is 143. The Hall–Kier alpha value is -0.0800. The standard InChI is InChI=1S/C12H25NO/c1-4-13(5-2)11-9-7-8-10-12(11)14-6-3/h11-12H,4-10H2,1-3H3/t11-,12+/m1/s1. The van der Waals surface area contributed by atoms with E-state index < -0.39 is 0 Å². The van der Waals surface area contributed by atoms with E-state index in [0.717, 1.165) is 19.7 Å². The molecule has 1 aliphatic carbocycles. The van der Waals surface area contributed by atoms with Gasteiger partial charge >= 0.3 is 0 Å². The molecule has 2 atom stereocenters. The first-order valence-corrected chi connectivity index (χ1v) is 6.19. The topological polar surface area (TPSA) is 12.5 Å². The number of rotatable bonds is 5. The fourth-order valence-electron chi connectivity index (χ4n) is 2.60. The highest BCUT2D eigenvalue weighted by Gasteiger charge is 2.28. The molecule has 0 N–H and O–H groups in total. The molecule has 0 heterocycles. The van der Waals surface area contributed by atoms with Crippen LogP contribution in [0.4, 0.5) is 0 Å². The summed E-state index contributed by atoms with van der Waals surface area (Å²) in [6, 6.07) is 0.679. The number of ether oxygens (including phenoxy) is 1. The van der Waals surface area contributed by atoms with Crippen molar-refractivity contribution in [2.24, 2.45) is 0 Å². The number of nitrogens with zero attached hydrogens (tertiary/aromatic N) is 1. The molecule has 1 aliphatic rings. The summed E-state index contributed by atoms with van der Waals surface area (Å²) in [5.41, 5.74) is 0. The molecule has 0 radical (unpaired) electrons. The van der Waals surface area contributed by atoms with Crippen LogP contribution >= 0.6 is 0 Å². The molecule has 0 aromatic heterocycles. The number of hydrogen-bond donors (Lipinski definition) is 0. The molecular weight excluding hydrogens is 174 g/mol. The van der Waals surface area contributed by atoms with Crippen LogP contribution in [0.2, 0.25) is 0 Å². The molecule has 0 saturated heterocycles. The van der Waals surface area contributed by atoms with Gasteiger partial charge in [-0.05, 0) is 32.9 Å². The van der Waals surface area contributed by atoms with E-state index in [4.69, 9.17) is 4.74 Å². The summed E-state index contributed by atoms with van der Waals surface area (Å²) in [7, 11) is 0. The quantitative estimate of drug-likeness (QED) is 0.675. The lowest BCUT2D eigenvalue weighted by atomic mass is 9.91. The molecule has 1 fully saturated rings. The number of hydrogen-bond acceptors (Lipinski definition) is 2. The SMILES string of the molecule is CCO[C@H]1CCCC[C@H]1N(CC)CC. The molecule has 0 aromatic carbocycles. The Labute approximate surface area is 88.6 Å². The van der Waals surface area contributed by atoms with E-state index in [1.54, 1.807) is 0 Å². The van der Waals surface area contributed by atoms with Crippen LogP contribution in [0.5, 0.6) is 0 Å². The van der Waals surface area contributed by atoms with Crippen molar-refractivity contribution in [3.8, 4) is 0 Å². The molecule has 1 rings (SSSR count). The first-order chi connectivity index (χ1) is 6.83. The van der Waals surface area contributed by atoms with Crippen LogP contribution in [0.15, 0.2) is 0 Å². The van der Waals surface area contributed by atoms with Crippen molar-refractivity contribution in [3.05, 3.63) is 0 Å². The Balaban J connectivity index is 2.51. The molecule has 2 heteroatoms. The molecule has 1 saturated carbocycles. The lowest BCUT2D eigenvalue weighted by Gasteiger charge is -2.38. The van der Waals surface area contributed by atoms with Crippen molar-refractivity contribution in [2.75, 3.05) is 19.7 Å². The predicted octanol–water partition coefficient (Wildman–Crippen LogP) is 2.68. The van der Waals surface area contributed by atoms with Gasteiger partial charge in [0.1, 0.15) is 0 Å². The van der Waals surface area contributed by atoms with Gasteiger partial charge in [-0.3, -0.25) is 4.90 Å². The first-order valence-electron chi connectivity index (χ1n) is 6.19. The third-order valence-corrected chi connectivity index (χ3v) is 3.33. The van der Waals surface area contributed by atoms with Gasteiger partial charge < -0.3 is 4.74 Å². The van der Waals surface area contributed by atoms with Crippen LogP contribution in [0, 0.1) is 0 Å². The van der Waals surface area contributed by atoms with Gasteiger partial charge in [-0.25, -0.2) is 0 Å². The monoisotopic (exact) mass is 199 g/mol. The van der Waals surface area contributed by atoms with Crippen molar-refractivity contribution >= 4 is 0 Å². The van der Waals surface area contributed by atoms with Crippen LogP contribution < -0.4 is 0 Å². The third kappa shape index (κ3) is 2.96. The largest absolute Gasteiger partial charge is 0.377 e. The summed E-state index contributed by atoms with van der Waals surface area (Å²) < 4.78 is 5.84. The van der Waals surface area contributed by atoms with E-state index in [9.17, 15) is 0 Å². The molecule has 0 aromatic rings. The van der Waals surface area contributed by atoms with Crippen LogP contribution in [0.25, 0.3) is 0 Å². The maximum Gasteiger partial charge on any atom is 0.0730 e. The minimum absolute atomic E-state index is 0.494. The van der Waals surface area contributed by atoms with Crippen LogP contribution in [0.1, 0.15) is 46.5 Å². The maximum atomic E-state index is 5.84. The predicted molar refractivity (Wildman–Crippen MR) is 60.6 cm³/mol. The van der Waals surface area contributed by atoms with Gasteiger partial charge in [0.2, 0.25) is 0 Å². The van der Waals surface area contributed by atoms with E-state index in [0.29, 0.717) is 12.1 Å². The molecule has 0 amide bonds. The van der Waals surface area contributed by atoms with Crippen molar-refractivity contribution in [3.63, 3.8) is 0 Å². The molecule has 0 spiro atoms. The van der Waals surface area contributed by atoms with Gasteiger partial charge in [0.25, 0.3) is 0 Å². The average Bonchev–Trinajstić information content (AvgIpc) is 2.23. The zero-order valence-corrected chi connectivity index (χ0v) is 9.96. The van der Waals surface area contributed by atoms with Gasteiger partial charge in [0, 0.05) is 12.6 Å². The smallest absolute Gasteiger partial charge is 0.0730 e. The molecule has 2 nitrogen and oxygen atoms in total. The third-order valence-electron chi connectivity index (χ3n) is 3.33. The lowest BCUT2D eigenvalue weighted by Crippen LogP contribution is -2.46. The minimum Gasteiger partial charge on any atom is -0.377 e. The summed E-state index contributed by atoms with van der Waals surface area (Å²) in [6.45, 7) is 9.79. The lowest BCUT2D eigenvalue weighted by molar-refractivity contribution is -0.0287. The van der Waals surface area contributed by atoms with Gasteiger partial charge in [-0.2, -0.15) is 0 Å². The molecule has 14 heavy (non-hydrogen) atoms. The zero-order chi connectivity index (χ0) is 10.4. The summed E-state index contributed by atoms with van der Waals surface area (Å²) in [5, 5.41) is 0. The van der Waals surface area contributed by atoms with Crippen LogP contribution in [0.3, 0.4) is 0 Å². The van der Waals surface area contributed by atoms with E-state index in [1.165, 1.54) is 25.7 Å². The molecule has 84 valence electrons. The summed E-state index contributed by atoms with van der Waals surface area (Å²) in [6.07, 6.45) is 5.81. The second-order valence-electron chi connectivity index (χ2n) is 4.07. The van der Waals surface area contributed by atoms with E-state index in [2.05, 4.69) is 25.7 Å². The number of likely N-dealkylation sites (N-methyl/N-ethyl adjacent to an activating group) is 1. The minimum atomic E-state index is 0.494. The molecular formula is C12H25NO.